The fourth-order valence-electron chi connectivity index (χ4n) is 5.83. The lowest BCUT2D eigenvalue weighted by Gasteiger charge is -2.36. The summed E-state index contributed by atoms with van der Waals surface area (Å²) in [5, 5.41) is 16.0. The van der Waals surface area contributed by atoms with Crippen molar-refractivity contribution in [2.24, 2.45) is 11.8 Å². The van der Waals surface area contributed by atoms with E-state index in [2.05, 4.69) is 17.6 Å². The smallest absolute Gasteiger partial charge is 0.244 e. The lowest BCUT2D eigenvalue weighted by atomic mass is 9.70. The molecule has 3 aliphatic heterocycles. The van der Waals surface area contributed by atoms with E-state index >= 15 is 0 Å². The number of hydrogen-bond donors (Lipinski definition) is 3. The molecule has 2 bridgehead atoms. The Morgan fingerprint density at radius 2 is 1.97 bits per heavy atom. The molecule has 3 N–H and O–H groups in total. The molecular formula is C24H33N3O4S. The molecule has 32 heavy (non-hydrogen) atoms. The van der Waals surface area contributed by atoms with Gasteiger partial charge in [-0.2, -0.15) is 0 Å². The van der Waals surface area contributed by atoms with E-state index < -0.39 is 28.7 Å². The van der Waals surface area contributed by atoms with Gasteiger partial charge >= 0.3 is 0 Å². The highest BCUT2D eigenvalue weighted by molar-refractivity contribution is 8.02. The van der Waals surface area contributed by atoms with Gasteiger partial charge in [0, 0.05) is 17.0 Å². The number of rotatable bonds is 8. The molecule has 3 aliphatic rings. The Kier molecular flexibility index (Phi) is 6.54. The summed E-state index contributed by atoms with van der Waals surface area (Å²) >= 11 is 1.64. The van der Waals surface area contributed by atoms with Crippen molar-refractivity contribution in [2.75, 3.05) is 11.9 Å². The Hall–Kier alpha value is -2.06. The standard InChI is InChI=1S/C24H33N3O4S/c1-4-8-14(2)25-22(30)20-24-12-11-17(32-24)18(19(24)23(31)27(20)15(3)13-28)21(29)26-16-9-6-5-7-10-16/h5-7,9-10,14-15,17-20,28H,4,8,11-13H2,1-3H3,(H,25,30)(H,26,29)/t14?,15-,17+,18-,19+,20?,24?/m1/s1. The quantitative estimate of drug-likeness (QED) is 0.555. The van der Waals surface area contributed by atoms with Crippen LogP contribution in [-0.2, 0) is 14.4 Å². The van der Waals surface area contributed by atoms with E-state index in [4.69, 9.17) is 0 Å². The maximum atomic E-state index is 13.7. The Labute approximate surface area is 193 Å². The van der Waals surface area contributed by atoms with Gasteiger partial charge in [0.15, 0.2) is 0 Å². The number of aliphatic hydroxyl groups excluding tert-OH is 1. The second-order valence-corrected chi connectivity index (χ2v) is 11.0. The summed E-state index contributed by atoms with van der Waals surface area (Å²) in [6, 6.07) is 8.10. The molecule has 1 aromatic carbocycles. The number of likely N-dealkylation sites (tertiary alicyclic amines) is 1. The van der Waals surface area contributed by atoms with Crippen molar-refractivity contribution < 1.29 is 19.5 Å². The van der Waals surface area contributed by atoms with Gasteiger partial charge in [-0.1, -0.05) is 31.5 Å². The first-order valence-electron chi connectivity index (χ1n) is 11.6. The molecule has 1 spiro atoms. The van der Waals surface area contributed by atoms with Crippen LogP contribution in [0.3, 0.4) is 0 Å². The van der Waals surface area contributed by atoms with Gasteiger partial charge in [0.1, 0.15) is 6.04 Å². The topological polar surface area (TPSA) is 98.7 Å². The monoisotopic (exact) mass is 459 g/mol. The average Bonchev–Trinajstić information content (AvgIpc) is 3.41. The van der Waals surface area contributed by atoms with Crippen LogP contribution >= 0.6 is 11.8 Å². The number of nitrogens with one attached hydrogen (secondary N) is 2. The van der Waals surface area contributed by atoms with Crippen molar-refractivity contribution in [1.29, 1.82) is 0 Å². The van der Waals surface area contributed by atoms with Crippen LogP contribution in [0, 0.1) is 11.8 Å². The van der Waals surface area contributed by atoms with E-state index in [1.54, 1.807) is 23.6 Å². The van der Waals surface area contributed by atoms with Crippen molar-refractivity contribution in [1.82, 2.24) is 10.2 Å². The van der Waals surface area contributed by atoms with Crippen LogP contribution in [0.2, 0.25) is 0 Å². The van der Waals surface area contributed by atoms with Crippen LogP contribution in [0.4, 0.5) is 5.69 Å². The molecule has 1 aromatic rings. The van der Waals surface area contributed by atoms with Gasteiger partial charge in [0.25, 0.3) is 0 Å². The normalized spacial score (nSPS) is 32.5. The van der Waals surface area contributed by atoms with Crippen LogP contribution in [0.1, 0.15) is 46.5 Å². The fraction of sp³-hybridized carbons (Fsp3) is 0.625. The first kappa shape index (κ1) is 23.1. The number of anilines is 1. The molecule has 3 saturated heterocycles. The minimum absolute atomic E-state index is 0.00474. The highest BCUT2D eigenvalue weighted by Crippen LogP contribution is 2.66. The Balaban J connectivity index is 1.65. The van der Waals surface area contributed by atoms with Gasteiger partial charge in [0.2, 0.25) is 17.7 Å². The van der Waals surface area contributed by atoms with Gasteiger partial charge in [-0.05, 0) is 45.2 Å². The predicted molar refractivity (Wildman–Crippen MR) is 125 cm³/mol. The molecular weight excluding hydrogens is 426 g/mol. The van der Waals surface area contributed by atoms with Crippen molar-refractivity contribution in [2.45, 2.75) is 74.6 Å². The molecule has 0 radical (unpaired) electrons. The highest BCUT2D eigenvalue weighted by atomic mass is 32.2. The number of nitrogens with zero attached hydrogens (tertiary/aromatic N) is 1. The molecule has 3 unspecified atom stereocenters. The molecule has 0 saturated carbocycles. The number of benzene rings is 1. The summed E-state index contributed by atoms with van der Waals surface area (Å²) in [5.74, 6) is -1.55. The molecule has 7 atom stereocenters. The van der Waals surface area contributed by atoms with Crippen molar-refractivity contribution in [3.8, 4) is 0 Å². The molecule has 7 nitrogen and oxygen atoms in total. The summed E-state index contributed by atoms with van der Waals surface area (Å²) in [7, 11) is 0. The van der Waals surface area contributed by atoms with Crippen LogP contribution in [0.5, 0.6) is 0 Å². The molecule has 8 heteroatoms. The highest BCUT2D eigenvalue weighted by Gasteiger charge is 2.74. The lowest BCUT2D eigenvalue weighted by molar-refractivity contribution is -0.141. The minimum Gasteiger partial charge on any atom is -0.394 e. The molecule has 3 fully saturated rings. The zero-order valence-electron chi connectivity index (χ0n) is 18.9. The fourth-order valence-corrected chi connectivity index (χ4v) is 8.03. The van der Waals surface area contributed by atoms with E-state index in [-0.39, 0.29) is 35.6 Å². The zero-order valence-corrected chi connectivity index (χ0v) is 19.7. The second-order valence-electron chi connectivity index (χ2n) is 9.39. The molecule has 3 heterocycles. The number of amides is 3. The van der Waals surface area contributed by atoms with Gasteiger partial charge in [-0.3, -0.25) is 14.4 Å². The van der Waals surface area contributed by atoms with Crippen LogP contribution in [-0.4, -0.2) is 62.5 Å². The average molecular weight is 460 g/mol. The Morgan fingerprint density at radius 3 is 2.62 bits per heavy atom. The number of fused-ring (bicyclic) bond motifs is 1. The van der Waals surface area contributed by atoms with Crippen LogP contribution in [0.25, 0.3) is 0 Å². The third-order valence-corrected chi connectivity index (χ3v) is 9.13. The molecule has 0 aliphatic carbocycles. The van der Waals surface area contributed by atoms with Crippen molar-refractivity contribution in [3.63, 3.8) is 0 Å². The summed E-state index contributed by atoms with van der Waals surface area (Å²) in [6.07, 6.45) is 3.34. The molecule has 0 aromatic heterocycles. The minimum atomic E-state index is -0.675. The summed E-state index contributed by atoms with van der Waals surface area (Å²) in [5.41, 5.74) is 0.702. The number of carbonyl (C=O) groups excluding carboxylic acids is 3. The summed E-state index contributed by atoms with van der Waals surface area (Å²) < 4.78 is -0.625. The molecule has 174 valence electrons. The zero-order chi connectivity index (χ0) is 23.0. The first-order valence-corrected chi connectivity index (χ1v) is 12.5. The third-order valence-electron chi connectivity index (χ3n) is 7.18. The van der Waals surface area contributed by atoms with E-state index in [1.807, 2.05) is 37.3 Å². The number of aliphatic hydroxyl groups is 1. The van der Waals surface area contributed by atoms with Gasteiger partial charge in [-0.15, -0.1) is 11.8 Å². The molecule has 4 rings (SSSR count). The molecule has 3 amide bonds. The Morgan fingerprint density at radius 1 is 1.25 bits per heavy atom. The van der Waals surface area contributed by atoms with Gasteiger partial charge in [-0.25, -0.2) is 0 Å². The largest absolute Gasteiger partial charge is 0.394 e. The SMILES string of the molecule is CCCC(C)NC(=O)C1N([C@H](C)CO)C(=O)[C@@H]2[C@H](C(=O)Nc3ccccc3)[C@@H]3CCC12S3. The number of carbonyl (C=O) groups is 3. The first-order chi connectivity index (χ1) is 15.3. The summed E-state index contributed by atoms with van der Waals surface area (Å²) in [6.45, 7) is 5.59. The Bertz CT molecular complexity index is 881. The van der Waals surface area contributed by atoms with E-state index in [9.17, 15) is 19.5 Å². The second kappa shape index (κ2) is 9.06. The predicted octanol–water partition coefficient (Wildman–Crippen LogP) is 2.40. The van der Waals surface area contributed by atoms with E-state index in [1.165, 1.54) is 0 Å². The van der Waals surface area contributed by atoms with Crippen molar-refractivity contribution in [3.05, 3.63) is 30.3 Å². The van der Waals surface area contributed by atoms with Gasteiger partial charge in [0.05, 0.1) is 29.2 Å². The van der Waals surface area contributed by atoms with Crippen LogP contribution in [0.15, 0.2) is 30.3 Å². The van der Waals surface area contributed by atoms with Crippen molar-refractivity contribution >= 4 is 35.2 Å². The maximum absolute atomic E-state index is 13.7. The lowest BCUT2D eigenvalue weighted by Crippen LogP contribution is -2.57. The van der Waals surface area contributed by atoms with E-state index in [0.717, 1.165) is 25.7 Å². The maximum Gasteiger partial charge on any atom is 0.244 e. The summed E-state index contributed by atoms with van der Waals surface area (Å²) in [4.78, 5) is 42.1. The number of para-hydroxylation sites is 1. The van der Waals surface area contributed by atoms with Crippen LogP contribution < -0.4 is 10.6 Å². The third kappa shape index (κ3) is 3.71. The number of hydrogen-bond acceptors (Lipinski definition) is 5. The number of thioether (sulfide) groups is 1. The van der Waals surface area contributed by atoms with Gasteiger partial charge < -0.3 is 20.6 Å². The van der Waals surface area contributed by atoms with E-state index in [0.29, 0.717) is 5.69 Å².